The van der Waals surface area contributed by atoms with E-state index in [4.69, 9.17) is 0 Å². The second-order valence-electron chi connectivity index (χ2n) is 4.66. The van der Waals surface area contributed by atoms with Crippen molar-refractivity contribution in [1.29, 1.82) is 0 Å². The van der Waals surface area contributed by atoms with Gasteiger partial charge >= 0.3 is 0 Å². The lowest BCUT2D eigenvalue weighted by molar-refractivity contribution is -0.115. The summed E-state index contributed by atoms with van der Waals surface area (Å²) in [4.78, 5) is 12.1. The zero-order valence-corrected chi connectivity index (χ0v) is 14.1. The van der Waals surface area contributed by atoms with Gasteiger partial charge in [-0.2, -0.15) is 5.10 Å². The van der Waals surface area contributed by atoms with E-state index in [-0.39, 0.29) is 12.3 Å². The number of amides is 1. The molecule has 0 unspecified atom stereocenters. The van der Waals surface area contributed by atoms with Crippen LogP contribution in [-0.2, 0) is 11.2 Å². The molecule has 0 aliphatic heterocycles. The summed E-state index contributed by atoms with van der Waals surface area (Å²) in [5.41, 5.74) is 1.81. The second kappa shape index (κ2) is 7.38. The lowest BCUT2D eigenvalue weighted by atomic mass is 10.2. The number of anilines is 1. The maximum Gasteiger partial charge on any atom is 0.230 e. The highest BCUT2D eigenvalue weighted by atomic mass is 32.2. The molecule has 2 aromatic heterocycles. The van der Waals surface area contributed by atoms with Crippen LogP contribution in [0.2, 0.25) is 0 Å². The molecule has 0 bridgehead atoms. The molecule has 3 aromatic rings. The predicted molar refractivity (Wildman–Crippen MR) is 92.2 cm³/mol. The van der Waals surface area contributed by atoms with Gasteiger partial charge in [-0.25, -0.2) is 4.68 Å². The average molecular weight is 345 g/mol. The number of nitrogens with zero attached hydrogens (tertiary/aromatic N) is 4. The molecule has 6 nitrogen and oxygen atoms in total. The first-order chi connectivity index (χ1) is 11.2. The molecular weight excluding hydrogens is 330 g/mol. The summed E-state index contributed by atoms with van der Waals surface area (Å²) in [5.74, 6) is 0.808. The Labute approximate surface area is 141 Å². The second-order valence-corrected chi connectivity index (χ2v) is 7.15. The zero-order chi connectivity index (χ0) is 16.1. The van der Waals surface area contributed by atoms with Crippen LogP contribution >= 0.6 is 23.1 Å². The predicted octanol–water partition coefficient (Wildman–Crippen LogP) is 3.02. The van der Waals surface area contributed by atoms with Crippen molar-refractivity contribution in [3.05, 3.63) is 48.3 Å². The summed E-state index contributed by atoms with van der Waals surface area (Å²) in [6.07, 6.45) is 3.81. The van der Waals surface area contributed by atoms with Crippen LogP contribution < -0.4 is 5.32 Å². The van der Waals surface area contributed by atoms with Gasteiger partial charge < -0.3 is 5.32 Å². The van der Waals surface area contributed by atoms with Crippen LogP contribution in [0.5, 0.6) is 0 Å². The SMILES string of the molecule is CCSc1nnc(NC(=O)Cc2cnn(-c3ccccc3)c2)s1. The summed E-state index contributed by atoms with van der Waals surface area (Å²) in [6.45, 7) is 2.05. The van der Waals surface area contributed by atoms with Gasteiger partial charge in [0.2, 0.25) is 11.0 Å². The first kappa shape index (κ1) is 15.7. The Morgan fingerprint density at radius 1 is 1.30 bits per heavy atom. The number of para-hydroxylation sites is 1. The molecule has 0 aliphatic carbocycles. The molecule has 0 aliphatic rings. The first-order valence-electron chi connectivity index (χ1n) is 7.09. The summed E-state index contributed by atoms with van der Waals surface area (Å²) in [5, 5.41) is 15.6. The van der Waals surface area contributed by atoms with Crippen molar-refractivity contribution in [1.82, 2.24) is 20.0 Å². The standard InChI is InChI=1S/C15H15N5OS2/c1-2-22-15-19-18-14(23-15)17-13(21)8-11-9-16-20(10-11)12-6-4-3-5-7-12/h3-7,9-10H,2,8H2,1H3,(H,17,18,21). The minimum atomic E-state index is -0.123. The minimum Gasteiger partial charge on any atom is -0.300 e. The quantitative estimate of drug-likeness (QED) is 0.549. The van der Waals surface area contributed by atoms with Gasteiger partial charge in [0.25, 0.3) is 0 Å². The molecule has 0 saturated carbocycles. The Kier molecular flexibility index (Phi) is 5.04. The molecule has 1 amide bonds. The smallest absolute Gasteiger partial charge is 0.230 e. The minimum absolute atomic E-state index is 0.123. The van der Waals surface area contributed by atoms with Gasteiger partial charge in [0, 0.05) is 6.20 Å². The summed E-state index contributed by atoms with van der Waals surface area (Å²) in [7, 11) is 0. The molecule has 118 valence electrons. The van der Waals surface area contributed by atoms with Crippen molar-refractivity contribution in [2.45, 2.75) is 17.7 Å². The Morgan fingerprint density at radius 3 is 2.91 bits per heavy atom. The molecule has 0 spiro atoms. The number of carbonyl (C=O) groups is 1. The van der Waals surface area contributed by atoms with Gasteiger partial charge in [-0.15, -0.1) is 10.2 Å². The van der Waals surface area contributed by atoms with Gasteiger partial charge in [-0.1, -0.05) is 48.2 Å². The van der Waals surface area contributed by atoms with E-state index in [2.05, 4.69) is 27.5 Å². The van der Waals surface area contributed by atoms with Gasteiger partial charge in [-0.3, -0.25) is 4.79 Å². The average Bonchev–Trinajstić information content (AvgIpc) is 3.18. The first-order valence-corrected chi connectivity index (χ1v) is 8.90. The van der Waals surface area contributed by atoms with Crippen LogP contribution in [0.1, 0.15) is 12.5 Å². The molecule has 0 saturated heterocycles. The number of benzene rings is 1. The largest absolute Gasteiger partial charge is 0.300 e. The molecular formula is C15H15N5OS2. The van der Waals surface area contributed by atoms with Crippen molar-refractivity contribution in [3.63, 3.8) is 0 Å². The normalized spacial score (nSPS) is 10.7. The van der Waals surface area contributed by atoms with Crippen LogP contribution in [0.25, 0.3) is 5.69 Å². The van der Waals surface area contributed by atoms with E-state index >= 15 is 0 Å². The highest BCUT2D eigenvalue weighted by Gasteiger charge is 2.10. The number of hydrogen-bond acceptors (Lipinski definition) is 6. The van der Waals surface area contributed by atoms with Gasteiger partial charge in [-0.05, 0) is 23.4 Å². The highest BCUT2D eigenvalue weighted by Crippen LogP contribution is 2.25. The van der Waals surface area contributed by atoms with Crippen LogP contribution in [0.15, 0.2) is 47.1 Å². The molecule has 1 N–H and O–H groups in total. The molecule has 8 heteroatoms. The van der Waals surface area contributed by atoms with Gasteiger partial charge in [0.15, 0.2) is 4.34 Å². The maximum absolute atomic E-state index is 12.1. The highest BCUT2D eigenvalue weighted by molar-refractivity contribution is 8.01. The number of carbonyl (C=O) groups excluding carboxylic acids is 1. The number of hydrogen-bond donors (Lipinski definition) is 1. The van der Waals surface area contributed by atoms with Crippen LogP contribution in [-0.4, -0.2) is 31.6 Å². The molecule has 0 atom stereocenters. The molecule has 0 radical (unpaired) electrons. The van der Waals surface area contributed by atoms with Crippen LogP contribution in [0.4, 0.5) is 5.13 Å². The third-order valence-electron chi connectivity index (χ3n) is 2.94. The monoisotopic (exact) mass is 345 g/mol. The third kappa shape index (κ3) is 4.17. The van der Waals surface area contributed by atoms with Crippen molar-refractivity contribution < 1.29 is 4.79 Å². The molecule has 1 aromatic carbocycles. The molecule has 3 rings (SSSR count). The van der Waals surface area contributed by atoms with Crippen LogP contribution in [0, 0.1) is 0 Å². The van der Waals surface area contributed by atoms with E-state index in [0.29, 0.717) is 5.13 Å². The Bertz CT molecular complexity index is 784. The van der Waals surface area contributed by atoms with E-state index in [9.17, 15) is 4.79 Å². The van der Waals surface area contributed by atoms with E-state index in [0.717, 1.165) is 21.3 Å². The van der Waals surface area contributed by atoms with Crippen molar-refractivity contribution in [2.24, 2.45) is 0 Å². The Balaban J connectivity index is 1.60. The van der Waals surface area contributed by atoms with Gasteiger partial charge in [0.05, 0.1) is 18.3 Å². The summed E-state index contributed by atoms with van der Waals surface area (Å²) < 4.78 is 2.61. The molecule has 0 fully saturated rings. The lowest BCUT2D eigenvalue weighted by Crippen LogP contribution is -2.13. The lowest BCUT2D eigenvalue weighted by Gasteiger charge is -2.00. The third-order valence-corrected chi connectivity index (χ3v) is 4.80. The van der Waals surface area contributed by atoms with E-state index in [1.165, 1.54) is 11.3 Å². The zero-order valence-electron chi connectivity index (χ0n) is 12.5. The summed E-state index contributed by atoms with van der Waals surface area (Å²) >= 11 is 2.99. The fourth-order valence-corrected chi connectivity index (χ4v) is 3.63. The Morgan fingerprint density at radius 2 is 2.13 bits per heavy atom. The van der Waals surface area contributed by atoms with Crippen molar-refractivity contribution in [3.8, 4) is 5.69 Å². The van der Waals surface area contributed by atoms with E-state index < -0.39 is 0 Å². The van der Waals surface area contributed by atoms with Crippen LogP contribution in [0.3, 0.4) is 0 Å². The van der Waals surface area contributed by atoms with E-state index in [1.54, 1.807) is 22.6 Å². The van der Waals surface area contributed by atoms with E-state index in [1.807, 2.05) is 36.5 Å². The van der Waals surface area contributed by atoms with Crippen molar-refractivity contribution in [2.75, 3.05) is 11.1 Å². The Hall–Kier alpha value is -2.19. The number of nitrogens with one attached hydrogen (secondary N) is 1. The molecule has 2 heterocycles. The van der Waals surface area contributed by atoms with Gasteiger partial charge in [0.1, 0.15) is 0 Å². The topological polar surface area (TPSA) is 72.7 Å². The fourth-order valence-electron chi connectivity index (χ4n) is 1.96. The summed E-state index contributed by atoms with van der Waals surface area (Å²) in [6, 6.07) is 9.78. The van der Waals surface area contributed by atoms with Crippen molar-refractivity contribution >= 4 is 34.1 Å². The number of rotatable bonds is 6. The fraction of sp³-hybridized carbons (Fsp3) is 0.200. The number of thioether (sulfide) groups is 1. The molecule has 23 heavy (non-hydrogen) atoms. The maximum atomic E-state index is 12.1. The number of aromatic nitrogens is 4.